The Bertz CT molecular complexity index is 195. The molecule has 2 N–H and O–H groups in total. The first-order valence-corrected chi connectivity index (χ1v) is 4.73. The molecule has 6 nitrogen and oxygen atoms in total. The number of aliphatic hydroxyl groups is 2. The van der Waals surface area contributed by atoms with Gasteiger partial charge in [0.15, 0.2) is 9.02 Å². The quantitative estimate of drug-likeness (QED) is 0.400. The molecule has 0 amide bonds. The molecule has 0 radical (unpaired) electrons. The van der Waals surface area contributed by atoms with Crippen LogP contribution in [0.5, 0.6) is 0 Å². The molecule has 0 spiro atoms. The second kappa shape index (κ2) is 8.21. The fourth-order valence-corrected chi connectivity index (χ4v) is 0. The zero-order chi connectivity index (χ0) is 12.2. The van der Waals surface area contributed by atoms with Crippen LogP contribution in [-0.2, 0) is 9.59 Å². The van der Waals surface area contributed by atoms with E-state index in [4.69, 9.17) is 10.2 Å². The third-order valence-electron chi connectivity index (χ3n) is 0.745. The van der Waals surface area contributed by atoms with Crippen LogP contribution >= 0.6 is 31.9 Å². The predicted molar refractivity (Wildman–Crippen MR) is 54.9 cm³/mol. The van der Waals surface area contributed by atoms with Crippen LogP contribution < -0.4 is 10.2 Å². The molecule has 0 aliphatic rings. The minimum atomic E-state index is -1.88. The van der Waals surface area contributed by atoms with Gasteiger partial charge in [0.1, 0.15) is 0 Å². The summed E-state index contributed by atoms with van der Waals surface area (Å²) < 4.78 is -3.76. The first kappa shape index (κ1) is 21.4. The Labute approximate surface area is 133 Å². The molecule has 0 aliphatic carbocycles. The van der Waals surface area contributed by atoms with E-state index in [-0.39, 0.29) is 37.7 Å². The summed E-state index contributed by atoms with van der Waals surface area (Å²) >= 11 is 4.87. The molecule has 0 aromatic carbocycles. The Morgan fingerprint density at radius 1 is 1.00 bits per heavy atom. The minimum Gasteiger partial charge on any atom is -0.546 e. The van der Waals surface area contributed by atoms with Crippen LogP contribution in [0.1, 0.15) is 13.8 Å². The van der Waals surface area contributed by atoms with Gasteiger partial charge in [0, 0.05) is 0 Å². The van der Waals surface area contributed by atoms with Crippen LogP contribution in [0, 0.1) is 0 Å². The van der Waals surface area contributed by atoms with Crippen molar-refractivity contribution in [1.82, 2.24) is 0 Å². The average molecular weight is 376 g/mol. The molecule has 0 heterocycles. The molecule has 15 heavy (non-hydrogen) atoms. The standard InChI is InChI=1S/2C3H5BrO3.Ca/c2*1-3(4,7)2(5)6;/h2*7H,1H3,(H,5,6);/q;;+2/p-2. The third kappa shape index (κ3) is 15.1. The van der Waals surface area contributed by atoms with Gasteiger partial charge in [0.2, 0.25) is 0 Å². The van der Waals surface area contributed by atoms with Gasteiger partial charge in [0.05, 0.1) is 11.9 Å². The van der Waals surface area contributed by atoms with Crippen LogP contribution in [-0.4, -0.2) is 68.9 Å². The maximum atomic E-state index is 9.61. The number of carboxylic acid groups (broad SMARTS) is 2. The van der Waals surface area contributed by atoms with Crippen molar-refractivity contribution >= 4 is 81.5 Å². The Hall–Kier alpha value is 1.08. The van der Waals surface area contributed by atoms with Gasteiger partial charge in [-0.1, -0.05) is 0 Å². The van der Waals surface area contributed by atoms with Crippen molar-refractivity contribution < 1.29 is 30.0 Å². The molecule has 0 aromatic heterocycles. The van der Waals surface area contributed by atoms with E-state index in [0.29, 0.717) is 0 Å². The summed E-state index contributed by atoms with van der Waals surface area (Å²) in [6.07, 6.45) is 0. The van der Waals surface area contributed by atoms with Gasteiger partial charge < -0.3 is 30.0 Å². The SMILES string of the molecule is CC(O)(Br)C(=O)[O-].CC(O)(Br)C(=O)[O-].[Ca+2]. The topological polar surface area (TPSA) is 121 Å². The first-order chi connectivity index (χ1) is 5.89. The first-order valence-electron chi connectivity index (χ1n) is 3.14. The van der Waals surface area contributed by atoms with Crippen molar-refractivity contribution in [3.63, 3.8) is 0 Å². The third-order valence-corrected chi connectivity index (χ3v) is 1.39. The van der Waals surface area contributed by atoms with Crippen molar-refractivity contribution in [2.24, 2.45) is 0 Å². The van der Waals surface area contributed by atoms with Crippen LogP contribution in [0.2, 0.25) is 0 Å². The summed E-state index contributed by atoms with van der Waals surface area (Å²) in [5.41, 5.74) is 0. The van der Waals surface area contributed by atoms with E-state index in [2.05, 4.69) is 31.9 Å². The van der Waals surface area contributed by atoms with Gasteiger partial charge in [0.25, 0.3) is 0 Å². The van der Waals surface area contributed by atoms with E-state index in [1.807, 2.05) is 0 Å². The number of alkyl halides is 2. The molecule has 84 valence electrons. The fourth-order valence-electron chi connectivity index (χ4n) is 0. The molecule has 0 saturated carbocycles. The van der Waals surface area contributed by atoms with E-state index in [1.54, 1.807) is 0 Å². The normalized spacial score (nSPS) is 16.9. The van der Waals surface area contributed by atoms with E-state index in [0.717, 1.165) is 13.8 Å². The zero-order valence-corrected chi connectivity index (χ0v) is 13.4. The average Bonchev–Trinajstić information content (AvgIpc) is 1.83. The van der Waals surface area contributed by atoms with E-state index >= 15 is 0 Å². The van der Waals surface area contributed by atoms with E-state index in [1.165, 1.54) is 0 Å². The molecular weight excluding hydrogens is 368 g/mol. The molecular formula is C6H8Br2CaO6. The van der Waals surface area contributed by atoms with Crippen LogP contribution in [0.15, 0.2) is 0 Å². The van der Waals surface area contributed by atoms with E-state index < -0.39 is 21.0 Å². The Balaban J connectivity index is -0.000000180. The Morgan fingerprint density at radius 2 is 1.07 bits per heavy atom. The number of carboxylic acids is 2. The number of aliphatic carboxylic acids is 2. The zero-order valence-electron chi connectivity index (χ0n) is 7.99. The van der Waals surface area contributed by atoms with Crippen molar-refractivity contribution in [3.8, 4) is 0 Å². The minimum absolute atomic E-state index is 0. The molecule has 0 aliphatic heterocycles. The molecule has 0 fully saturated rings. The molecule has 2 atom stereocenters. The van der Waals surface area contributed by atoms with Gasteiger partial charge in [-0.2, -0.15) is 0 Å². The van der Waals surface area contributed by atoms with Crippen LogP contribution in [0.25, 0.3) is 0 Å². The fraction of sp³-hybridized carbons (Fsp3) is 0.667. The summed E-state index contributed by atoms with van der Waals surface area (Å²) in [6.45, 7) is 2.14. The second-order valence-electron chi connectivity index (χ2n) is 2.48. The Morgan fingerprint density at radius 3 is 1.07 bits per heavy atom. The number of halogens is 2. The number of hydrogen-bond donors (Lipinski definition) is 2. The Kier molecular flexibility index (Phi) is 11.7. The van der Waals surface area contributed by atoms with Crippen molar-refractivity contribution in [3.05, 3.63) is 0 Å². The van der Waals surface area contributed by atoms with Gasteiger partial charge in [-0.05, 0) is 45.7 Å². The summed E-state index contributed by atoms with van der Waals surface area (Å²) in [4.78, 5) is 19.2. The van der Waals surface area contributed by atoms with Crippen molar-refractivity contribution in [2.75, 3.05) is 0 Å². The van der Waals surface area contributed by atoms with E-state index in [9.17, 15) is 19.8 Å². The van der Waals surface area contributed by atoms with Crippen molar-refractivity contribution in [1.29, 1.82) is 0 Å². The number of rotatable bonds is 2. The summed E-state index contributed by atoms with van der Waals surface area (Å²) in [6, 6.07) is 0. The maximum absolute atomic E-state index is 9.61. The number of hydrogen-bond acceptors (Lipinski definition) is 6. The van der Waals surface area contributed by atoms with Crippen LogP contribution in [0.3, 0.4) is 0 Å². The molecule has 0 bridgehead atoms. The predicted octanol–water partition coefficient (Wildman–Crippen LogP) is -2.70. The van der Waals surface area contributed by atoms with Gasteiger partial charge in [-0.3, -0.25) is 0 Å². The van der Waals surface area contributed by atoms with Gasteiger partial charge >= 0.3 is 37.7 Å². The van der Waals surface area contributed by atoms with Crippen LogP contribution in [0.4, 0.5) is 0 Å². The number of carbonyl (C=O) groups is 2. The van der Waals surface area contributed by atoms with Gasteiger partial charge in [-0.15, -0.1) is 0 Å². The molecule has 0 rings (SSSR count). The smallest absolute Gasteiger partial charge is 0.546 e. The molecule has 2 unspecified atom stereocenters. The van der Waals surface area contributed by atoms with Gasteiger partial charge in [-0.25, -0.2) is 0 Å². The monoisotopic (exact) mass is 374 g/mol. The largest absolute Gasteiger partial charge is 2.00 e. The summed E-state index contributed by atoms with van der Waals surface area (Å²) in [5, 5.41) is 35.9. The maximum Gasteiger partial charge on any atom is 2.00 e. The molecule has 0 saturated heterocycles. The second-order valence-corrected chi connectivity index (χ2v) is 5.57. The molecule has 0 aromatic rings. The number of carbonyl (C=O) groups excluding carboxylic acids is 2. The summed E-state index contributed by atoms with van der Waals surface area (Å²) in [7, 11) is 0. The molecule has 9 heteroatoms. The van der Waals surface area contributed by atoms with Crippen molar-refractivity contribution in [2.45, 2.75) is 22.9 Å². The summed E-state index contributed by atoms with van der Waals surface area (Å²) in [5.74, 6) is -3.07.